The van der Waals surface area contributed by atoms with Gasteiger partial charge in [-0.3, -0.25) is 0 Å². The van der Waals surface area contributed by atoms with Gasteiger partial charge in [0.25, 0.3) is 0 Å². The molecule has 0 saturated carbocycles. The van der Waals surface area contributed by atoms with Gasteiger partial charge in [-0.25, -0.2) is 17.6 Å². The molecule has 0 radical (unpaired) electrons. The minimum Gasteiger partial charge on any atom is -0.465 e. The van der Waals surface area contributed by atoms with Crippen LogP contribution in [0, 0.1) is 5.82 Å². The minimum atomic E-state index is -3.97. The van der Waals surface area contributed by atoms with Crippen LogP contribution in [0.25, 0.3) is 0 Å². The summed E-state index contributed by atoms with van der Waals surface area (Å²) in [6.45, 7) is 1.74. The van der Waals surface area contributed by atoms with Crippen molar-refractivity contribution < 1.29 is 22.3 Å². The number of methoxy groups -OCH3 is 1. The van der Waals surface area contributed by atoms with Crippen LogP contribution in [0.5, 0.6) is 0 Å². The highest BCUT2D eigenvalue weighted by atomic mass is 35.5. The first-order valence-corrected chi connectivity index (χ1v) is 7.25. The summed E-state index contributed by atoms with van der Waals surface area (Å²) in [4.78, 5) is 11.3. The molecular weight excluding hydrogens is 323 g/mol. The SMILES string of the molecule is COC(=O)c1cc(F)ccc1S(=O)(=O)N(C)C(C)CN.Cl. The number of carbonyl (C=O) groups excluding carboxylic acids is 1. The minimum absolute atomic E-state index is 0. The number of hydrogen-bond acceptors (Lipinski definition) is 5. The summed E-state index contributed by atoms with van der Waals surface area (Å²) in [5.41, 5.74) is 5.09. The maximum atomic E-state index is 13.2. The first-order valence-electron chi connectivity index (χ1n) is 5.81. The lowest BCUT2D eigenvalue weighted by Gasteiger charge is -2.23. The number of likely N-dealkylation sites (N-methyl/N-ethyl adjacent to an activating group) is 1. The molecule has 0 bridgehead atoms. The Kier molecular flexibility index (Phi) is 7.25. The van der Waals surface area contributed by atoms with E-state index in [1.807, 2.05) is 0 Å². The molecule has 0 heterocycles. The van der Waals surface area contributed by atoms with Gasteiger partial charge in [0.1, 0.15) is 5.82 Å². The van der Waals surface area contributed by atoms with Gasteiger partial charge >= 0.3 is 5.97 Å². The summed E-state index contributed by atoms with van der Waals surface area (Å²) in [6.07, 6.45) is 0. The summed E-state index contributed by atoms with van der Waals surface area (Å²) in [6, 6.07) is 2.38. The number of hydrogen-bond donors (Lipinski definition) is 1. The van der Waals surface area contributed by atoms with Gasteiger partial charge in [0.2, 0.25) is 10.0 Å². The normalized spacial score (nSPS) is 12.7. The Labute approximate surface area is 129 Å². The molecule has 1 rings (SSSR count). The van der Waals surface area contributed by atoms with Gasteiger partial charge in [0, 0.05) is 19.6 Å². The fourth-order valence-electron chi connectivity index (χ4n) is 1.54. The lowest BCUT2D eigenvalue weighted by atomic mass is 10.2. The van der Waals surface area contributed by atoms with Crippen LogP contribution in [0.15, 0.2) is 23.1 Å². The molecule has 0 aliphatic heterocycles. The molecule has 0 saturated heterocycles. The highest BCUT2D eigenvalue weighted by Crippen LogP contribution is 2.22. The summed E-state index contributed by atoms with van der Waals surface area (Å²) in [5, 5.41) is 0. The number of sulfonamides is 1. The summed E-state index contributed by atoms with van der Waals surface area (Å²) in [5.74, 6) is -1.64. The molecule has 1 unspecified atom stereocenters. The van der Waals surface area contributed by atoms with Gasteiger partial charge in [-0.15, -0.1) is 12.4 Å². The Balaban J connectivity index is 0.00000400. The molecule has 1 aromatic rings. The molecule has 2 N–H and O–H groups in total. The van der Waals surface area contributed by atoms with Crippen molar-refractivity contribution >= 4 is 28.4 Å². The Morgan fingerprint density at radius 3 is 2.52 bits per heavy atom. The van der Waals surface area contributed by atoms with Crippen LogP contribution < -0.4 is 5.73 Å². The molecular formula is C12H18ClFN2O4S. The second-order valence-corrected chi connectivity index (χ2v) is 6.20. The van der Waals surface area contributed by atoms with Crippen molar-refractivity contribution in [3.63, 3.8) is 0 Å². The predicted molar refractivity (Wildman–Crippen MR) is 78.5 cm³/mol. The van der Waals surface area contributed by atoms with Crippen LogP contribution in [0.1, 0.15) is 17.3 Å². The molecule has 6 nitrogen and oxygen atoms in total. The van der Waals surface area contributed by atoms with Crippen molar-refractivity contribution in [2.24, 2.45) is 5.73 Å². The molecule has 120 valence electrons. The first kappa shape index (κ1) is 19.8. The fourth-order valence-corrected chi connectivity index (χ4v) is 3.07. The van der Waals surface area contributed by atoms with E-state index in [-0.39, 0.29) is 29.4 Å². The third kappa shape index (κ3) is 4.13. The number of rotatable bonds is 5. The third-order valence-electron chi connectivity index (χ3n) is 2.97. The molecule has 0 amide bonds. The smallest absolute Gasteiger partial charge is 0.339 e. The zero-order valence-electron chi connectivity index (χ0n) is 11.9. The Morgan fingerprint density at radius 2 is 2.05 bits per heavy atom. The molecule has 9 heteroatoms. The molecule has 0 spiro atoms. The van der Waals surface area contributed by atoms with Crippen molar-refractivity contribution in [1.29, 1.82) is 0 Å². The number of halogens is 2. The predicted octanol–water partition coefficient (Wildman–Crippen LogP) is 1.00. The van der Waals surface area contributed by atoms with Gasteiger partial charge in [-0.05, 0) is 25.1 Å². The van der Waals surface area contributed by atoms with Crippen LogP contribution in [0.4, 0.5) is 4.39 Å². The largest absolute Gasteiger partial charge is 0.465 e. The molecule has 1 atom stereocenters. The molecule has 21 heavy (non-hydrogen) atoms. The fraction of sp³-hybridized carbons (Fsp3) is 0.417. The first-order chi connectivity index (χ1) is 9.25. The Morgan fingerprint density at radius 1 is 1.48 bits per heavy atom. The van der Waals surface area contributed by atoms with Crippen molar-refractivity contribution in [1.82, 2.24) is 4.31 Å². The van der Waals surface area contributed by atoms with Crippen LogP contribution >= 0.6 is 12.4 Å². The van der Waals surface area contributed by atoms with Crippen molar-refractivity contribution in [2.45, 2.75) is 17.9 Å². The number of nitrogens with zero attached hydrogens (tertiary/aromatic N) is 1. The quantitative estimate of drug-likeness (QED) is 0.808. The highest BCUT2D eigenvalue weighted by molar-refractivity contribution is 7.89. The highest BCUT2D eigenvalue weighted by Gasteiger charge is 2.29. The maximum absolute atomic E-state index is 13.2. The van der Waals surface area contributed by atoms with Crippen LogP contribution in [0.3, 0.4) is 0 Å². The van der Waals surface area contributed by atoms with Crippen molar-refractivity contribution in [2.75, 3.05) is 20.7 Å². The lowest BCUT2D eigenvalue weighted by Crippen LogP contribution is -2.40. The van der Waals surface area contributed by atoms with E-state index < -0.39 is 27.9 Å². The van der Waals surface area contributed by atoms with E-state index in [2.05, 4.69) is 4.74 Å². The van der Waals surface area contributed by atoms with Crippen LogP contribution in [0.2, 0.25) is 0 Å². The van der Waals surface area contributed by atoms with E-state index in [0.29, 0.717) is 0 Å². The van der Waals surface area contributed by atoms with Crippen LogP contribution in [-0.4, -0.2) is 45.4 Å². The zero-order chi connectivity index (χ0) is 15.5. The van der Waals surface area contributed by atoms with E-state index >= 15 is 0 Å². The molecule has 0 aromatic heterocycles. The number of nitrogens with two attached hydrogens (primary N) is 1. The van der Waals surface area contributed by atoms with Gasteiger partial charge in [0.05, 0.1) is 17.6 Å². The van der Waals surface area contributed by atoms with E-state index in [1.54, 1.807) is 6.92 Å². The topological polar surface area (TPSA) is 89.7 Å². The summed E-state index contributed by atoms with van der Waals surface area (Å²) >= 11 is 0. The van der Waals surface area contributed by atoms with Crippen LogP contribution in [-0.2, 0) is 14.8 Å². The second-order valence-electron chi connectivity index (χ2n) is 4.24. The Hall–Kier alpha value is -1.22. The lowest BCUT2D eigenvalue weighted by molar-refractivity contribution is 0.0595. The zero-order valence-corrected chi connectivity index (χ0v) is 13.5. The van der Waals surface area contributed by atoms with Crippen molar-refractivity contribution in [3.8, 4) is 0 Å². The average Bonchev–Trinajstić information content (AvgIpc) is 2.44. The number of ether oxygens (including phenoxy) is 1. The number of benzene rings is 1. The number of carbonyl (C=O) groups is 1. The number of esters is 1. The molecule has 0 aliphatic carbocycles. The van der Waals surface area contributed by atoms with E-state index in [1.165, 1.54) is 7.05 Å². The Bertz CT molecular complexity index is 609. The van der Waals surface area contributed by atoms with Crippen molar-refractivity contribution in [3.05, 3.63) is 29.6 Å². The summed E-state index contributed by atoms with van der Waals surface area (Å²) in [7, 11) is -1.53. The van der Waals surface area contributed by atoms with E-state index in [4.69, 9.17) is 5.73 Å². The monoisotopic (exact) mass is 340 g/mol. The molecule has 0 aliphatic rings. The molecule has 1 aromatic carbocycles. The van der Waals surface area contributed by atoms with Gasteiger partial charge in [-0.1, -0.05) is 0 Å². The second kappa shape index (κ2) is 7.69. The van der Waals surface area contributed by atoms with Gasteiger partial charge in [0.15, 0.2) is 0 Å². The van der Waals surface area contributed by atoms with Gasteiger partial charge < -0.3 is 10.5 Å². The van der Waals surface area contributed by atoms with E-state index in [0.717, 1.165) is 29.6 Å². The average molecular weight is 341 g/mol. The third-order valence-corrected chi connectivity index (χ3v) is 5.00. The maximum Gasteiger partial charge on any atom is 0.339 e. The summed E-state index contributed by atoms with van der Waals surface area (Å²) < 4.78 is 43.6. The van der Waals surface area contributed by atoms with Gasteiger partial charge in [-0.2, -0.15) is 4.31 Å². The molecule has 0 fully saturated rings. The standard InChI is InChI=1S/C12H17FN2O4S.ClH/c1-8(7-14)15(2)20(17,18)11-5-4-9(13)6-10(11)12(16)19-3;/h4-6,8H,7,14H2,1-3H3;1H. The van der Waals surface area contributed by atoms with E-state index in [9.17, 15) is 17.6 Å².